The number of nitrogens with zero attached hydrogens (tertiary/aromatic N) is 1. The molecule has 2 aromatic carbocycles. The van der Waals surface area contributed by atoms with Gasteiger partial charge in [-0.3, -0.25) is 14.5 Å². The van der Waals surface area contributed by atoms with Crippen molar-refractivity contribution < 1.29 is 18.7 Å². The van der Waals surface area contributed by atoms with Crippen molar-refractivity contribution in [1.29, 1.82) is 0 Å². The van der Waals surface area contributed by atoms with Gasteiger partial charge in [-0.05, 0) is 42.3 Å². The fourth-order valence-electron chi connectivity index (χ4n) is 2.84. The van der Waals surface area contributed by atoms with Crippen LogP contribution in [0.4, 0.5) is 10.1 Å². The lowest BCUT2D eigenvalue weighted by molar-refractivity contribution is -0.138. The highest BCUT2D eigenvalue weighted by atomic mass is 19.1. The number of anilines is 1. The summed E-state index contributed by atoms with van der Waals surface area (Å²) in [5.41, 5.74) is 1.51. The van der Waals surface area contributed by atoms with Crippen molar-refractivity contribution in [2.24, 2.45) is 0 Å². The summed E-state index contributed by atoms with van der Waals surface area (Å²) in [6.07, 6.45) is 0.659. The van der Waals surface area contributed by atoms with Crippen LogP contribution in [0.15, 0.2) is 48.5 Å². The van der Waals surface area contributed by atoms with Crippen molar-refractivity contribution in [2.45, 2.75) is 18.9 Å². The van der Waals surface area contributed by atoms with Gasteiger partial charge in [-0.25, -0.2) is 4.39 Å². The van der Waals surface area contributed by atoms with Gasteiger partial charge in [0.25, 0.3) is 5.91 Å². The first kappa shape index (κ1) is 17.0. The molecule has 1 fully saturated rings. The van der Waals surface area contributed by atoms with E-state index in [1.165, 1.54) is 17.0 Å². The Morgan fingerprint density at radius 1 is 1.20 bits per heavy atom. The molecule has 1 N–H and O–H groups in total. The Kier molecular flexibility index (Phi) is 4.97. The van der Waals surface area contributed by atoms with E-state index in [4.69, 9.17) is 4.74 Å². The van der Waals surface area contributed by atoms with E-state index in [2.05, 4.69) is 5.32 Å². The summed E-state index contributed by atoms with van der Waals surface area (Å²) in [5.74, 6) is -0.121. The Morgan fingerprint density at radius 3 is 2.64 bits per heavy atom. The van der Waals surface area contributed by atoms with Crippen LogP contribution in [0.25, 0.3) is 0 Å². The summed E-state index contributed by atoms with van der Waals surface area (Å²) < 4.78 is 18.3. The molecule has 3 rings (SSSR count). The largest absolute Gasteiger partial charge is 0.497 e. The molecule has 5 nitrogen and oxygen atoms in total. The van der Waals surface area contributed by atoms with E-state index >= 15 is 0 Å². The summed E-state index contributed by atoms with van der Waals surface area (Å²) in [5, 5.41) is 2.94. The van der Waals surface area contributed by atoms with Gasteiger partial charge in [0.15, 0.2) is 0 Å². The average Bonchev–Trinajstić information content (AvgIpc) is 2.87. The van der Waals surface area contributed by atoms with Crippen molar-refractivity contribution >= 4 is 17.5 Å². The predicted molar refractivity (Wildman–Crippen MR) is 91.8 cm³/mol. The number of amides is 2. The molecule has 1 atom stereocenters. The highest BCUT2D eigenvalue weighted by molar-refractivity contribution is 6.06. The maximum atomic E-state index is 13.2. The normalized spacial score (nSPS) is 17.0. The SMILES string of the molecule is COc1ccc(CCN2C(=O)C[C@@H](Nc3cccc(F)c3)C2=O)cc1. The summed E-state index contributed by atoms with van der Waals surface area (Å²) in [7, 11) is 1.60. The van der Waals surface area contributed by atoms with Crippen LogP contribution in [-0.4, -0.2) is 36.4 Å². The number of ether oxygens (including phenoxy) is 1. The molecule has 0 saturated carbocycles. The van der Waals surface area contributed by atoms with E-state index in [9.17, 15) is 14.0 Å². The fraction of sp³-hybridized carbons (Fsp3) is 0.263. The minimum atomic E-state index is -0.648. The topological polar surface area (TPSA) is 58.6 Å². The van der Waals surface area contributed by atoms with E-state index in [-0.39, 0.29) is 18.2 Å². The standard InChI is InChI=1S/C19H19FN2O3/c1-25-16-7-5-13(6-8-16)9-10-22-18(23)12-17(19(22)24)21-15-4-2-3-14(20)11-15/h2-8,11,17,21H,9-10,12H2,1H3/t17-/m1/s1. The van der Waals surface area contributed by atoms with Crippen LogP contribution in [0.1, 0.15) is 12.0 Å². The van der Waals surface area contributed by atoms with E-state index in [0.717, 1.165) is 11.3 Å². The summed E-state index contributed by atoms with van der Waals surface area (Å²) in [4.78, 5) is 25.9. The molecule has 0 unspecified atom stereocenters. The third-order valence-corrected chi connectivity index (χ3v) is 4.19. The Hall–Kier alpha value is -2.89. The van der Waals surface area contributed by atoms with Crippen molar-refractivity contribution in [3.8, 4) is 5.75 Å². The van der Waals surface area contributed by atoms with Gasteiger partial charge in [0, 0.05) is 12.2 Å². The van der Waals surface area contributed by atoms with Gasteiger partial charge in [-0.2, -0.15) is 0 Å². The predicted octanol–water partition coefficient (Wildman–Crippen LogP) is 2.62. The Morgan fingerprint density at radius 2 is 1.96 bits per heavy atom. The second kappa shape index (κ2) is 7.34. The zero-order chi connectivity index (χ0) is 17.8. The van der Waals surface area contributed by atoms with Gasteiger partial charge in [0.2, 0.25) is 5.91 Å². The van der Waals surface area contributed by atoms with Crippen LogP contribution in [0, 0.1) is 5.82 Å². The molecule has 1 saturated heterocycles. The number of hydrogen-bond donors (Lipinski definition) is 1. The van der Waals surface area contributed by atoms with Gasteiger partial charge in [0.05, 0.1) is 13.5 Å². The number of nitrogens with one attached hydrogen (secondary N) is 1. The number of carbonyl (C=O) groups excluding carboxylic acids is 2. The second-order valence-corrected chi connectivity index (χ2v) is 5.89. The van der Waals surface area contributed by atoms with Crippen LogP contribution in [0.3, 0.4) is 0 Å². The molecule has 0 aliphatic carbocycles. The number of likely N-dealkylation sites (tertiary alicyclic amines) is 1. The lowest BCUT2D eigenvalue weighted by Crippen LogP contribution is -2.36. The number of halogens is 1. The third-order valence-electron chi connectivity index (χ3n) is 4.19. The van der Waals surface area contributed by atoms with Gasteiger partial charge in [-0.15, -0.1) is 0 Å². The molecule has 1 heterocycles. The van der Waals surface area contributed by atoms with Crippen LogP contribution in [0.5, 0.6) is 5.75 Å². The number of methoxy groups -OCH3 is 1. The summed E-state index contributed by atoms with van der Waals surface area (Å²) in [6, 6.07) is 12.7. The molecule has 2 amide bonds. The van der Waals surface area contributed by atoms with Crippen molar-refractivity contribution in [3.05, 3.63) is 59.9 Å². The first-order valence-corrected chi connectivity index (χ1v) is 8.06. The molecule has 1 aliphatic heterocycles. The third kappa shape index (κ3) is 3.96. The zero-order valence-electron chi connectivity index (χ0n) is 13.9. The lowest BCUT2D eigenvalue weighted by atomic mass is 10.1. The Balaban J connectivity index is 1.60. The highest BCUT2D eigenvalue weighted by Crippen LogP contribution is 2.20. The molecular weight excluding hydrogens is 323 g/mol. The molecule has 25 heavy (non-hydrogen) atoms. The van der Waals surface area contributed by atoms with E-state index in [0.29, 0.717) is 18.7 Å². The first-order valence-electron chi connectivity index (χ1n) is 8.06. The molecule has 1 aliphatic rings. The lowest BCUT2D eigenvalue weighted by Gasteiger charge is -2.16. The minimum absolute atomic E-state index is 0.0813. The van der Waals surface area contributed by atoms with Crippen LogP contribution >= 0.6 is 0 Å². The van der Waals surface area contributed by atoms with Crippen molar-refractivity contribution in [3.63, 3.8) is 0 Å². The Bertz CT molecular complexity index is 776. The maximum Gasteiger partial charge on any atom is 0.252 e. The van der Waals surface area contributed by atoms with Crippen LogP contribution < -0.4 is 10.1 Å². The zero-order valence-corrected chi connectivity index (χ0v) is 13.9. The van der Waals surface area contributed by atoms with Crippen LogP contribution in [-0.2, 0) is 16.0 Å². The molecule has 6 heteroatoms. The van der Waals surface area contributed by atoms with Crippen molar-refractivity contribution in [2.75, 3.05) is 19.0 Å². The molecule has 0 bridgehead atoms. The quantitative estimate of drug-likeness (QED) is 0.820. The van der Waals surface area contributed by atoms with Gasteiger partial charge >= 0.3 is 0 Å². The van der Waals surface area contributed by atoms with Gasteiger partial charge < -0.3 is 10.1 Å². The highest BCUT2D eigenvalue weighted by Gasteiger charge is 2.38. The van der Waals surface area contributed by atoms with E-state index in [1.54, 1.807) is 19.2 Å². The van der Waals surface area contributed by atoms with Crippen molar-refractivity contribution in [1.82, 2.24) is 4.90 Å². The molecule has 130 valence electrons. The van der Waals surface area contributed by atoms with E-state index < -0.39 is 11.9 Å². The number of carbonyl (C=O) groups is 2. The monoisotopic (exact) mass is 342 g/mol. The smallest absolute Gasteiger partial charge is 0.252 e. The van der Waals surface area contributed by atoms with Crippen LogP contribution in [0.2, 0.25) is 0 Å². The summed E-state index contributed by atoms with van der Waals surface area (Å²) in [6.45, 7) is 0.325. The molecule has 0 radical (unpaired) electrons. The van der Waals surface area contributed by atoms with Gasteiger partial charge in [0.1, 0.15) is 17.6 Å². The first-order chi connectivity index (χ1) is 12.1. The molecule has 2 aromatic rings. The molecular formula is C19H19FN2O3. The molecule has 0 aromatic heterocycles. The minimum Gasteiger partial charge on any atom is -0.497 e. The number of rotatable bonds is 6. The average molecular weight is 342 g/mol. The number of hydrogen-bond acceptors (Lipinski definition) is 4. The summed E-state index contributed by atoms with van der Waals surface area (Å²) >= 11 is 0. The van der Waals surface area contributed by atoms with E-state index in [1.807, 2.05) is 24.3 Å². The number of imide groups is 1. The van der Waals surface area contributed by atoms with Gasteiger partial charge in [-0.1, -0.05) is 18.2 Å². The Labute approximate surface area is 145 Å². The second-order valence-electron chi connectivity index (χ2n) is 5.89. The fourth-order valence-corrected chi connectivity index (χ4v) is 2.84. The number of benzene rings is 2. The maximum absolute atomic E-state index is 13.2. The molecule has 0 spiro atoms.